The summed E-state index contributed by atoms with van der Waals surface area (Å²) in [5, 5.41) is 2.95. The van der Waals surface area contributed by atoms with Gasteiger partial charge in [0.15, 0.2) is 0 Å². The molecular formula is C28H32N4O2. The van der Waals surface area contributed by atoms with Crippen LogP contribution in [0, 0.1) is 13.8 Å². The molecule has 4 aromatic rings. The first-order valence-electron chi connectivity index (χ1n) is 12.0. The van der Waals surface area contributed by atoms with Crippen molar-refractivity contribution in [2.75, 3.05) is 13.2 Å². The van der Waals surface area contributed by atoms with Crippen LogP contribution in [-0.2, 0) is 13.0 Å². The number of aryl methyl sites for hydroxylation is 4. The van der Waals surface area contributed by atoms with Crippen molar-refractivity contribution in [2.45, 2.75) is 46.1 Å². The number of nitrogens with one attached hydrogen (secondary N) is 1. The minimum atomic E-state index is -0.141. The Labute approximate surface area is 201 Å². The van der Waals surface area contributed by atoms with E-state index in [9.17, 15) is 4.79 Å². The number of carbonyl (C=O) groups is 1. The van der Waals surface area contributed by atoms with Crippen LogP contribution in [0.2, 0.25) is 0 Å². The number of hydrogen-bond donors (Lipinski definition) is 1. The van der Waals surface area contributed by atoms with E-state index >= 15 is 0 Å². The number of fused-ring (bicyclic) bond motifs is 1. The normalized spacial score (nSPS) is 11.0. The number of rotatable bonds is 11. The third-order valence-corrected chi connectivity index (χ3v) is 5.86. The number of para-hydroxylation sites is 2. The van der Waals surface area contributed by atoms with Crippen molar-refractivity contribution in [2.24, 2.45) is 0 Å². The molecule has 0 bridgehead atoms. The van der Waals surface area contributed by atoms with Crippen LogP contribution >= 0.6 is 0 Å². The maximum atomic E-state index is 12.2. The summed E-state index contributed by atoms with van der Waals surface area (Å²) in [4.78, 5) is 21.2. The van der Waals surface area contributed by atoms with Crippen LogP contribution in [0.1, 0.15) is 46.7 Å². The van der Waals surface area contributed by atoms with Gasteiger partial charge in [-0.3, -0.25) is 9.78 Å². The highest BCUT2D eigenvalue weighted by Gasteiger charge is 2.11. The Balaban J connectivity index is 1.29. The molecule has 0 aliphatic carbocycles. The number of carbonyl (C=O) groups excluding carboxylic acids is 1. The zero-order valence-corrected chi connectivity index (χ0v) is 20.0. The highest BCUT2D eigenvalue weighted by molar-refractivity contribution is 5.92. The zero-order chi connectivity index (χ0) is 23.8. The smallest absolute Gasteiger partial charge is 0.269 e. The van der Waals surface area contributed by atoms with Gasteiger partial charge < -0.3 is 14.6 Å². The molecule has 1 amide bonds. The minimum absolute atomic E-state index is 0.141. The number of pyridine rings is 1. The number of unbranched alkanes of at least 4 members (excludes halogenated alkanes) is 1. The molecule has 0 radical (unpaired) electrons. The molecule has 0 fully saturated rings. The van der Waals surface area contributed by atoms with E-state index in [1.54, 1.807) is 18.3 Å². The number of ether oxygens (including phenoxy) is 1. The number of hydrogen-bond acceptors (Lipinski definition) is 4. The molecule has 0 aliphatic rings. The van der Waals surface area contributed by atoms with E-state index in [4.69, 9.17) is 9.72 Å². The summed E-state index contributed by atoms with van der Waals surface area (Å²) < 4.78 is 8.31. The second kappa shape index (κ2) is 11.5. The van der Waals surface area contributed by atoms with Crippen LogP contribution in [-0.4, -0.2) is 33.6 Å². The molecule has 2 aromatic carbocycles. The lowest BCUT2D eigenvalue weighted by molar-refractivity contribution is 0.0948. The van der Waals surface area contributed by atoms with Crippen molar-refractivity contribution in [3.05, 3.63) is 89.5 Å². The molecule has 0 aliphatic heterocycles. The topological polar surface area (TPSA) is 69.0 Å². The Morgan fingerprint density at radius 2 is 1.85 bits per heavy atom. The first-order valence-corrected chi connectivity index (χ1v) is 12.0. The van der Waals surface area contributed by atoms with Crippen molar-refractivity contribution in [3.63, 3.8) is 0 Å². The van der Waals surface area contributed by atoms with Gasteiger partial charge in [0.05, 0.1) is 17.6 Å². The highest BCUT2D eigenvalue weighted by Crippen LogP contribution is 2.20. The van der Waals surface area contributed by atoms with Gasteiger partial charge in [0.1, 0.15) is 17.3 Å². The molecule has 34 heavy (non-hydrogen) atoms. The molecule has 2 heterocycles. The maximum absolute atomic E-state index is 12.2. The average Bonchev–Trinajstić information content (AvgIpc) is 3.20. The molecule has 0 spiro atoms. The van der Waals surface area contributed by atoms with Crippen molar-refractivity contribution in [1.29, 1.82) is 0 Å². The molecule has 176 valence electrons. The largest absolute Gasteiger partial charge is 0.493 e. The van der Waals surface area contributed by atoms with E-state index in [-0.39, 0.29) is 5.91 Å². The Morgan fingerprint density at radius 3 is 2.68 bits per heavy atom. The minimum Gasteiger partial charge on any atom is -0.493 e. The van der Waals surface area contributed by atoms with E-state index in [0.717, 1.165) is 54.8 Å². The average molecular weight is 457 g/mol. The van der Waals surface area contributed by atoms with Crippen molar-refractivity contribution < 1.29 is 9.53 Å². The Kier molecular flexibility index (Phi) is 7.91. The number of benzene rings is 2. The predicted octanol–water partition coefficient (Wildman–Crippen LogP) is 5.27. The van der Waals surface area contributed by atoms with Crippen molar-refractivity contribution >= 4 is 16.9 Å². The lowest BCUT2D eigenvalue weighted by Gasteiger charge is -2.12. The standard InChI is InChI=1S/C28H32N4O2/c1-21-14-15-26(22(2)20-21)34-19-8-7-18-32-25-12-4-3-10-23(25)31-27(32)13-9-17-30-28(33)24-11-5-6-16-29-24/h3-6,10-12,14-16,20H,7-9,13,17-19H2,1-2H3,(H,30,33). The number of amides is 1. The van der Waals surface area contributed by atoms with Crippen molar-refractivity contribution in [3.8, 4) is 5.75 Å². The van der Waals surface area contributed by atoms with Gasteiger partial charge >= 0.3 is 0 Å². The van der Waals surface area contributed by atoms with Crippen LogP contribution in [0.25, 0.3) is 11.0 Å². The number of nitrogens with zero attached hydrogens (tertiary/aromatic N) is 3. The molecule has 2 aromatic heterocycles. The Morgan fingerprint density at radius 1 is 1.00 bits per heavy atom. The molecule has 1 N–H and O–H groups in total. The summed E-state index contributed by atoms with van der Waals surface area (Å²) in [7, 11) is 0. The fraction of sp³-hybridized carbons (Fsp3) is 0.321. The molecule has 4 rings (SSSR count). The fourth-order valence-electron chi connectivity index (χ4n) is 4.12. The lowest BCUT2D eigenvalue weighted by Crippen LogP contribution is -2.25. The van der Waals surface area contributed by atoms with Crippen LogP contribution in [0.4, 0.5) is 0 Å². The van der Waals surface area contributed by atoms with Gasteiger partial charge in [-0.15, -0.1) is 0 Å². The SMILES string of the molecule is Cc1ccc(OCCCCn2c(CCCNC(=O)c3ccccn3)nc3ccccc32)c(C)c1. The van der Waals surface area contributed by atoms with Crippen LogP contribution in [0.15, 0.2) is 66.9 Å². The third-order valence-electron chi connectivity index (χ3n) is 5.86. The molecule has 0 saturated heterocycles. The van der Waals surface area contributed by atoms with Gasteiger partial charge in [0.2, 0.25) is 0 Å². The quantitative estimate of drug-likeness (QED) is 0.312. The first-order chi connectivity index (χ1) is 16.6. The van der Waals surface area contributed by atoms with Gasteiger partial charge in [-0.05, 0) is 69.0 Å². The van der Waals surface area contributed by atoms with Gasteiger partial charge in [0.25, 0.3) is 5.91 Å². The summed E-state index contributed by atoms with van der Waals surface area (Å²) in [6.07, 6.45) is 5.23. The predicted molar refractivity (Wildman–Crippen MR) is 135 cm³/mol. The van der Waals surface area contributed by atoms with Gasteiger partial charge in [-0.25, -0.2) is 4.98 Å². The molecule has 0 atom stereocenters. The summed E-state index contributed by atoms with van der Waals surface area (Å²) in [5.41, 5.74) is 5.04. The lowest BCUT2D eigenvalue weighted by atomic mass is 10.1. The molecule has 6 heteroatoms. The molecule has 0 unspecified atom stereocenters. The van der Waals surface area contributed by atoms with E-state index in [2.05, 4.69) is 65.1 Å². The van der Waals surface area contributed by atoms with Crippen molar-refractivity contribution in [1.82, 2.24) is 19.9 Å². The maximum Gasteiger partial charge on any atom is 0.269 e. The van der Waals surface area contributed by atoms with Crippen LogP contribution < -0.4 is 10.1 Å². The van der Waals surface area contributed by atoms with Gasteiger partial charge in [-0.1, -0.05) is 35.9 Å². The summed E-state index contributed by atoms with van der Waals surface area (Å²) >= 11 is 0. The van der Waals surface area contributed by atoms with Gasteiger partial charge in [0, 0.05) is 25.7 Å². The monoisotopic (exact) mass is 456 g/mol. The molecule has 6 nitrogen and oxygen atoms in total. The van der Waals surface area contributed by atoms with E-state index in [0.29, 0.717) is 18.8 Å². The highest BCUT2D eigenvalue weighted by atomic mass is 16.5. The number of aromatic nitrogens is 3. The second-order valence-electron chi connectivity index (χ2n) is 8.57. The Bertz CT molecular complexity index is 1230. The van der Waals surface area contributed by atoms with Crippen LogP contribution in [0.5, 0.6) is 5.75 Å². The first kappa shape index (κ1) is 23.5. The van der Waals surface area contributed by atoms with E-state index in [1.807, 2.05) is 12.1 Å². The molecular weight excluding hydrogens is 424 g/mol. The fourth-order valence-corrected chi connectivity index (χ4v) is 4.12. The van der Waals surface area contributed by atoms with E-state index < -0.39 is 0 Å². The summed E-state index contributed by atoms with van der Waals surface area (Å²) in [6.45, 7) is 6.36. The van der Waals surface area contributed by atoms with E-state index in [1.165, 1.54) is 11.1 Å². The van der Waals surface area contributed by atoms with Gasteiger partial charge in [-0.2, -0.15) is 0 Å². The van der Waals surface area contributed by atoms with Crippen LogP contribution in [0.3, 0.4) is 0 Å². The third kappa shape index (κ3) is 6.01. The molecule has 0 saturated carbocycles. The second-order valence-corrected chi connectivity index (χ2v) is 8.57. The number of imidazole rings is 1. The Hall–Kier alpha value is -3.67. The zero-order valence-electron chi connectivity index (χ0n) is 20.0. The summed E-state index contributed by atoms with van der Waals surface area (Å²) in [5.74, 6) is 1.88. The summed E-state index contributed by atoms with van der Waals surface area (Å²) in [6, 6.07) is 19.9.